The SMILES string of the molecule is CN(Cc1c(Br)cnn1C)C(=O)c1cc(-c2cccs2)[nH]n1. The summed E-state index contributed by atoms with van der Waals surface area (Å²) < 4.78 is 2.63. The summed E-state index contributed by atoms with van der Waals surface area (Å²) in [5.41, 5.74) is 2.20. The molecule has 0 saturated heterocycles. The number of thiophene rings is 1. The van der Waals surface area contributed by atoms with Gasteiger partial charge in [-0.15, -0.1) is 11.3 Å². The normalized spacial score (nSPS) is 10.9. The van der Waals surface area contributed by atoms with Crippen molar-refractivity contribution in [3.8, 4) is 10.6 Å². The van der Waals surface area contributed by atoms with Crippen molar-refractivity contribution in [1.82, 2.24) is 24.9 Å². The molecule has 6 nitrogen and oxygen atoms in total. The van der Waals surface area contributed by atoms with Crippen LogP contribution in [0.2, 0.25) is 0 Å². The van der Waals surface area contributed by atoms with Crippen LogP contribution in [0.25, 0.3) is 10.6 Å². The number of H-pyrrole nitrogens is 1. The Balaban J connectivity index is 1.76. The van der Waals surface area contributed by atoms with Gasteiger partial charge in [0, 0.05) is 14.1 Å². The average Bonchev–Trinajstić information content (AvgIpc) is 3.22. The minimum atomic E-state index is -0.132. The highest BCUT2D eigenvalue weighted by molar-refractivity contribution is 9.10. The van der Waals surface area contributed by atoms with Crippen LogP contribution in [-0.2, 0) is 13.6 Å². The standard InChI is InChI=1S/C14H14BrN5OS/c1-19(8-12-9(15)7-16-20(12)2)14(21)11-6-10(17-18-11)13-4-3-5-22-13/h3-7H,8H2,1-2H3,(H,17,18). The Labute approximate surface area is 139 Å². The molecule has 3 aromatic rings. The summed E-state index contributed by atoms with van der Waals surface area (Å²) in [5, 5.41) is 13.2. The number of hydrogen-bond donors (Lipinski definition) is 1. The molecule has 8 heteroatoms. The zero-order valence-corrected chi connectivity index (χ0v) is 14.5. The van der Waals surface area contributed by atoms with Crippen LogP contribution in [-0.4, -0.2) is 37.8 Å². The number of aryl methyl sites for hydroxylation is 1. The van der Waals surface area contributed by atoms with Crippen molar-refractivity contribution in [3.05, 3.63) is 45.6 Å². The number of aromatic nitrogens is 4. The fraction of sp³-hybridized carbons (Fsp3) is 0.214. The summed E-state index contributed by atoms with van der Waals surface area (Å²) in [5.74, 6) is -0.132. The van der Waals surface area contributed by atoms with Gasteiger partial charge in [-0.2, -0.15) is 10.2 Å². The third-order valence-electron chi connectivity index (χ3n) is 3.33. The van der Waals surface area contributed by atoms with E-state index in [1.165, 1.54) is 0 Å². The van der Waals surface area contributed by atoms with Gasteiger partial charge in [0.15, 0.2) is 5.69 Å². The van der Waals surface area contributed by atoms with Crippen LogP contribution in [0.15, 0.2) is 34.2 Å². The van der Waals surface area contributed by atoms with Crippen molar-refractivity contribution in [2.75, 3.05) is 7.05 Å². The van der Waals surface area contributed by atoms with E-state index in [1.807, 2.05) is 24.6 Å². The van der Waals surface area contributed by atoms with Crippen molar-refractivity contribution >= 4 is 33.2 Å². The van der Waals surface area contributed by atoms with Crippen molar-refractivity contribution in [3.63, 3.8) is 0 Å². The van der Waals surface area contributed by atoms with Crippen LogP contribution in [0.4, 0.5) is 0 Å². The maximum atomic E-state index is 12.5. The van der Waals surface area contributed by atoms with Gasteiger partial charge in [0.25, 0.3) is 5.91 Å². The van der Waals surface area contributed by atoms with Crippen molar-refractivity contribution in [2.24, 2.45) is 7.05 Å². The van der Waals surface area contributed by atoms with E-state index in [1.54, 1.807) is 40.2 Å². The summed E-state index contributed by atoms with van der Waals surface area (Å²) in [6.07, 6.45) is 1.72. The summed E-state index contributed by atoms with van der Waals surface area (Å²) in [4.78, 5) is 15.2. The number of amides is 1. The highest BCUT2D eigenvalue weighted by Crippen LogP contribution is 2.23. The summed E-state index contributed by atoms with van der Waals surface area (Å²) in [6, 6.07) is 5.74. The van der Waals surface area contributed by atoms with Gasteiger partial charge in [-0.1, -0.05) is 6.07 Å². The number of aromatic amines is 1. The average molecular weight is 380 g/mol. The Hall–Kier alpha value is -1.93. The molecule has 114 valence electrons. The molecule has 1 N–H and O–H groups in total. The first kappa shape index (κ1) is 15.0. The number of nitrogens with zero attached hydrogens (tertiary/aromatic N) is 4. The highest BCUT2D eigenvalue weighted by Gasteiger charge is 2.18. The second kappa shape index (κ2) is 6.05. The van der Waals surface area contributed by atoms with Gasteiger partial charge in [0.1, 0.15) is 0 Å². The minimum absolute atomic E-state index is 0.132. The zero-order valence-electron chi connectivity index (χ0n) is 12.1. The lowest BCUT2D eigenvalue weighted by molar-refractivity contribution is 0.0776. The molecule has 3 heterocycles. The molecule has 0 aliphatic heterocycles. The molecule has 0 fully saturated rings. The predicted molar refractivity (Wildman–Crippen MR) is 88.6 cm³/mol. The molecule has 0 spiro atoms. The van der Waals surface area contributed by atoms with E-state index >= 15 is 0 Å². The smallest absolute Gasteiger partial charge is 0.274 e. The quantitative estimate of drug-likeness (QED) is 0.757. The molecule has 3 rings (SSSR count). The first-order chi connectivity index (χ1) is 10.6. The molecule has 1 amide bonds. The largest absolute Gasteiger partial charge is 0.334 e. The van der Waals surface area contributed by atoms with E-state index in [4.69, 9.17) is 0 Å². The molecule has 0 saturated carbocycles. The van der Waals surface area contributed by atoms with Gasteiger partial charge in [-0.05, 0) is 33.4 Å². The Bertz CT molecular complexity index is 773. The van der Waals surface area contributed by atoms with E-state index in [-0.39, 0.29) is 5.91 Å². The Morgan fingerprint density at radius 3 is 3.00 bits per heavy atom. The topological polar surface area (TPSA) is 66.8 Å². The third kappa shape index (κ3) is 2.84. The molecule has 0 atom stereocenters. The Morgan fingerprint density at radius 2 is 2.36 bits per heavy atom. The van der Waals surface area contributed by atoms with E-state index < -0.39 is 0 Å². The van der Waals surface area contributed by atoms with Crippen molar-refractivity contribution < 1.29 is 4.79 Å². The van der Waals surface area contributed by atoms with Gasteiger partial charge in [0.2, 0.25) is 0 Å². The van der Waals surface area contributed by atoms with Crippen molar-refractivity contribution in [1.29, 1.82) is 0 Å². The number of carbonyl (C=O) groups excluding carboxylic acids is 1. The third-order valence-corrected chi connectivity index (χ3v) is 4.89. The lowest BCUT2D eigenvalue weighted by Gasteiger charge is -2.16. The number of carbonyl (C=O) groups is 1. The molecular formula is C14H14BrN5OS. The van der Waals surface area contributed by atoms with Crippen molar-refractivity contribution in [2.45, 2.75) is 6.54 Å². The summed E-state index contributed by atoms with van der Waals surface area (Å²) in [6.45, 7) is 0.455. The molecule has 0 aliphatic carbocycles. The van der Waals surface area contributed by atoms with Crippen LogP contribution < -0.4 is 0 Å². The lowest BCUT2D eigenvalue weighted by Crippen LogP contribution is -2.27. The Morgan fingerprint density at radius 1 is 1.55 bits per heavy atom. The van der Waals surface area contributed by atoms with Crippen LogP contribution in [0.5, 0.6) is 0 Å². The number of hydrogen-bond acceptors (Lipinski definition) is 4. The number of halogens is 1. The summed E-state index contributed by atoms with van der Waals surface area (Å²) in [7, 11) is 3.60. The van der Waals surface area contributed by atoms with Crippen LogP contribution in [0, 0.1) is 0 Å². The van der Waals surface area contributed by atoms with Gasteiger partial charge in [0.05, 0.1) is 33.5 Å². The zero-order chi connectivity index (χ0) is 15.7. The van der Waals surface area contributed by atoms with E-state index in [0.717, 1.165) is 20.7 Å². The first-order valence-corrected chi connectivity index (χ1v) is 8.24. The second-order valence-electron chi connectivity index (χ2n) is 4.87. The molecule has 3 aromatic heterocycles. The fourth-order valence-electron chi connectivity index (χ4n) is 2.10. The highest BCUT2D eigenvalue weighted by atomic mass is 79.9. The molecule has 0 unspecified atom stereocenters. The first-order valence-electron chi connectivity index (χ1n) is 6.57. The number of nitrogens with one attached hydrogen (secondary N) is 1. The fourth-order valence-corrected chi connectivity index (χ4v) is 3.26. The minimum Gasteiger partial charge on any atom is -0.334 e. The molecule has 0 aromatic carbocycles. The number of rotatable bonds is 4. The summed E-state index contributed by atoms with van der Waals surface area (Å²) >= 11 is 5.04. The maximum absolute atomic E-state index is 12.5. The van der Waals surface area contributed by atoms with Crippen LogP contribution >= 0.6 is 27.3 Å². The Kier molecular flexibility index (Phi) is 4.12. The van der Waals surface area contributed by atoms with E-state index in [2.05, 4.69) is 31.2 Å². The molecule has 0 bridgehead atoms. The van der Waals surface area contributed by atoms with Gasteiger partial charge >= 0.3 is 0 Å². The van der Waals surface area contributed by atoms with Gasteiger partial charge < -0.3 is 4.90 Å². The maximum Gasteiger partial charge on any atom is 0.274 e. The molecule has 0 aliphatic rings. The van der Waals surface area contributed by atoms with Gasteiger partial charge in [-0.3, -0.25) is 14.6 Å². The van der Waals surface area contributed by atoms with Crippen LogP contribution in [0.3, 0.4) is 0 Å². The van der Waals surface area contributed by atoms with E-state index in [0.29, 0.717) is 12.2 Å². The predicted octanol–water partition coefficient (Wildman–Crippen LogP) is 2.91. The van der Waals surface area contributed by atoms with Crippen LogP contribution in [0.1, 0.15) is 16.2 Å². The molecule has 22 heavy (non-hydrogen) atoms. The molecular weight excluding hydrogens is 366 g/mol. The van der Waals surface area contributed by atoms with E-state index in [9.17, 15) is 4.79 Å². The second-order valence-corrected chi connectivity index (χ2v) is 6.67. The van der Waals surface area contributed by atoms with Gasteiger partial charge in [-0.25, -0.2) is 0 Å². The lowest BCUT2D eigenvalue weighted by atomic mass is 10.3. The monoisotopic (exact) mass is 379 g/mol. The molecule has 0 radical (unpaired) electrons.